The predicted molar refractivity (Wildman–Crippen MR) is 117 cm³/mol. The summed E-state index contributed by atoms with van der Waals surface area (Å²) in [7, 11) is 0. The third kappa shape index (κ3) is 3.08. The number of hydrogen-bond acceptors (Lipinski definition) is 6. The van der Waals surface area contributed by atoms with E-state index in [0.29, 0.717) is 17.7 Å². The Labute approximate surface area is 180 Å². The minimum atomic E-state index is -0.123. The van der Waals surface area contributed by atoms with Crippen LogP contribution in [0.1, 0.15) is 56.3 Å². The molecule has 0 saturated heterocycles. The van der Waals surface area contributed by atoms with Gasteiger partial charge in [-0.2, -0.15) is 5.10 Å². The molecule has 6 rings (SSSR count). The van der Waals surface area contributed by atoms with Crippen molar-refractivity contribution in [1.29, 1.82) is 0 Å². The normalized spacial score (nSPS) is 18.7. The number of rotatable bonds is 4. The van der Waals surface area contributed by atoms with Crippen LogP contribution in [0.25, 0.3) is 11.4 Å². The molecule has 2 saturated carbocycles. The Kier molecular flexibility index (Phi) is 3.94. The molecule has 3 aromatic rings. The molecular formula is C23H25N7O. The number of nitrogens with zero attached hydrogens (tertiary/aromatic N) is 6. The van der Waals surface area contributed by atoms with Crippen LogP contribution in [0.4, 0.5) is 17.3 Å². The van der Waals surface area contributed by atoms with E-state index < -0.39 is 0 Å². The van der Waals surface area contributed by atoms with Crippen molar-refractivity contribution in [1.82, 2.24) is 24.7 Å². The summed E-state index contributed by atoms with van der Waals surface area (Å²) in [5.74, 6) is 2.03. The maximum absolute atomic E-state index is 11.5. The molecule has 158 valence electrons. The lowest BCUT2D eigenvalue weighted by molar-refractivity contribution is -0.114. The summed E-state index contributed by atoms with van der Waals surface area (Å²) < 4.78 is 2.06. The molecule has 0 radical (unpaired) electrons. The lowest BCUT2D eigenvalue weighted by Crippen LogP contribution is -2.20. The van der Waals surface area contributed by atoms with E-state index >= 15 is 0 Å². The van der Waals surface area contributed by atoms with Gasteiger partial charge in [-0.05, 0) is 39.0 Å². The van der Waals surface area contributed by atoms with Crippen molar-refractivity contribution in [3.05, 3.63) is 42.0 Å². The van der Waals surface area contributed by atoms with E-state index in [0.717, 1.165) is 42.1 Å². The van der Waals surface area contributed by atoms with Crippen LogP contribution in [0.5, 0.6) is 0 Å². The molecule has 8 nitrogen and oxygen atoms in total. The van der Waals surface area contributed by atoms with Crippen molar-refractivity contribution in [2.45, 2.75) is 57.4 Å². The minimum Gasteiger partial charge on any atom is -0.325 e. The molecular weight excluding hydrogens is 390 g/mol. The van der Waals surface area contributed by atoms with Crippen molar-refractivity contribution in [3.8, 4) is 11.4 Å². The molecule has 1 amide bonds. The fourth-order valence-electron chi connectivity index (χ4n) is 4.70. The molecule has 3 aliphatic rings. The second-order valence-electron chi connectivity index (χ2n) is 9.12. The number of fused-ring (bicyclic) bond motifs is 2. The third-order valence-corrected chi connectivity index (χ3v) is 6.79. The van der Waals surface area contributed by atoms with Crippen molar-refractivity contribution in [3.63, 3.8) is 0 Å². The van der Waals surface area contributed by atoms with Crippen molar-refractivity contribution < 1.29 is 4.79 Å². The van der Waals surface area contributed by atoms with E-state index in [-0.39, 0.29) is 11.3 Å². The van der Waals surface area contributed by atoms with Crippen LogP contribution in [0, 0.1) is 6.92 Å². The second kappa shape index (κ2) is 6.60. The van der Waals surface area contributed by atoms with Crippen molar-refractivity contribution in [2.24, 2.45) is 0 Å². The SMILES string of the molecule is CC(=O)Nc1cc2c(cn1)C1(CC1)CN2c1cc(C)nc(-c2cnn(C3CCC3)c2)n1. The summed E-state index contributed by atoms with van der Waals surface area (Å²) in [4.78, 5) is 27.9. The Balaban J connectivity index is 1.39. The van der Waals surface area contributed by atoms with Crippen LogP contribution in [0.2, 0.25) is 0 Å². The Morgan fingerprint density at radius 2 is 2.03 bits per heavy atom. The Morgan fingerprint density at radius 1 is 1.19 bits per heavy atom. The van der Waals surface area contributed by atoms with Gasteiger partial charge in [0.2, 0.25) is 5.91 Å². The lowest BCUT2D eigenvalue weighted by Gasteiger charge is -2.25. The molecule has 0 atom stereocenters. The number of pyridine rings is 1. The molecule has 4 heterocycles. The minimum absolute atomic E-state index is 0.123. The smallest absolute Gasteiger partial charge is 0.222 e. The largest absolute Gasteiger partial charge is 0.325 e. The fraction of sp³-hybridized carbons (Fsp3) is 0.435. The standard InChI is InChI=1S/C23H25N7O/c1-14-8-21(28-22(26-14)16-10-25-30(12-16)17-4-3-5-17)29-13-23(6-7-23)18-11-24-20(9-19(18)29)27-15(2)31/h8-12,17H,3-7,13H2,1-2H3,(H,24,27,31). The molecule has 1 N–H and O–H groups in total. The van der Waals surface area contributed by atoms with Gasteiger partial charge in [-0.15, -0.1) is 0 Å². The average Bonchev–Trinajstić information content (AvgIpc) is 3.18. The van der Waals surface area contributed by atoms with E-state index in [9.17, 15) is 4.79 Å². The van der Waals surface area contributed by atoms with Crippen LogP contribution in [-0.2, 0) is 10.2 Å². The van der Waals surface area contributed by atoms with Gasteiger partial charge in [0.1, 0.15) is 11.6 Å². The van der Waals surface area contributed by atoms with Crippen LogP contribution in [-0.4, -0.2) is 37.2 Å². The first kappa shape index (κ1) is 18.5. The van der Waals surface area contributed by atoms with Crippen LogP contribution in [0.15, 0.2) is 30.7 Å². The molecule has 31 heavy (non-hydrogen) atoms. The van der Waals surface area contributed by atoms with Gasteiger partial charge < -0.3 is 10.2 Å². The summed E-state index contributed by atoms with van der Waals surface area (Å²) in [6.07, 6.45) is 11.8. The number of nitrogens with one attached hydrogen (secondary N) is 1. The molecule has 2 aliphatic carbocycles. The predicted octanol–water partition coefficient (Wildman–Crippen LogP) is 3.91. The highest BCUT2D eigenvalue weighted by molar-refractivity contribution is 5.89. The zero-order valence-electron chi connectivity index (χ0n) is 17.8. The van der Waals surface area contributed by atoms with E-state index in [4.69, 9.17) is 9.97 Å². The first-order valence-corrected chi connectivity index (χ1v) is 11.0. The van der Waals surface area contributed by atoms with Crippen LogP contribution < -0.4 is 10.2 Å². The highest BCUT2D eigenvalue weighted by Gasteiger charge is 2.52. The zero-order chi connectivity index (χ0) is 21.2. The van der Waals surface area contributed by atoms with Gasteiger partial charge in [0.05, 0.1) is 23.5 Å². The summed E-state index contributed by atoms with van der Waals surface area (Å²) >= 11 is 0. The molecule has 0 bridgehead atoms. The van der Waals surface area contributed by atoms with E-state index in [2.05, 4.69) is 31.2 Å². The zero-order valence-corrected chi connectivity index (χ0v) is 17.8. The molecule has 3 aromatic heterocycles. The molecule has 0 aromatic carbocycles. The van der Waals surface area contributed by atoms with Gasteiger partial charge in [-0.1, -0.05) is 0 Å². The lowest BCUT2D eigenvalue weighted by atomic mass is 9.93. The number of aromatic nitrogens is 5. The first-order valence-electron chi connectivity index (χ1n) is 11.0. The van der Waals surface area contributed by atoms with Crippen molar-refractivity contribution >= 4 is 23.2 Å². The van der Waals surface area contributed by atoms with Crippen LogP contribution in [0.3, 0.4) is 0 Å². The van der Waals surface area contributed by atoms with Gasteiger partial charge >= 0.3 is 0 Å². The van der Waals surface area contributed by atoms with E-state index in [1.165, 1.54) is 31.7 Å². The highest BCUT2D eigenvalue weighted by atomic mass is 16.1. The van der Waals surface area contributed by atoms with Crippen LogP contribution >= 0.6 is 0 Å². The number of anilines is 3. The molecule has 0 unspecified atom stereocenters. The summed E-state index contributed by atoms with van der Waals surface area (Å²) in [5.41, 5.74) is 4.35. The van der Waals surface area contributed by atoms with Gasteiger partial charge in [0, 0.05) is 54.7 Å². The Hall–Kier alpha value is -3.29. The maximum Gasteiger partial charge on any atom is 0.222 e. The summed E-state index contributed by atoms with van der Waals surface area (Å²) in [5, 5.41) is 7.36. The number of carbonyl (C=O) groups excluding carboxylic acids is 1. The number of aryl methyl sites for hydroxylation is 1. The van der Waals surface area contributed by atoms with Gasteiger partial charge in [0.25, 0.3) is 0 Å². The van der Waals surface area contributed by atoms with E-state index in [1.54, 1.807) is 0 Å². The Bertz CT molecular complexity index is 1190. The van der Waals surface area contributed by atoms with Gasteiger partial charge in [-0.25, -0.2) is 15.0 Å². The number of carbonyl (C=O) groups is 1. The van der Waals surface area contributed by atoms with E-state index in [1.807, 2.05) is 31.5 Å². The molecule has 2 fully saturated rings. The van der Waals surface area contributed by atoms with Gasteiger partial charge in [-0.3, -0.25) is 9.48 Å². The highest BCUT2D eigenvalue weighted by Crippen LogP contribution is 2.58. The maximum atomic E-state index is 11.5. The van der Waals surface area contributed by atoms with Crippen molar-refractivity contribution in [2.75, 3.05) is 16.8 Å². The summed E-state index contributed by atoms with van der Waals surface area (Å²) in [6.45, 7) is 4.38. The quantitative estimate of drug-likeness (QED) is 0.695. The second-order valence-corrected chi connectivity index (χ2v) is 9.12. The van der Waals surface area contributed by atoms with Gasteiger partial charge in [0.15, 0.2) is 5.82 Å². The summed E-state index contributed by atoms with van der Waals surface area (Å²) in [6, 6.07) is 4.51. The number of hydrogen-bond donors (Lipinski definition) is 1. The monoisotopic (exact) mass is 415 g/mol. The average molecular weight is 416 g/mol. The fourth-order valence-corrected chi connectivity index (χ4v) is 4.70. The first-order chi connectivity index (χ1) is 15.0. The molecule has 8 heteroatoms. The Morgan fingerprint density at radius 3 is 2.74 bits per heavy atom. The third-order valence-electron chi connectivity index (χ3n) is 6.79. The number of amides is 1. The molecule has 1 aliphatic heterocycles. The molecule has 1 spiro atoms. The topological polar surface area (TPSA) is 88.8 Å².